The van der Waals surface area contributed by atoms with E-state index in [4.69, 9.17) is 14.2 Å². The van der Waals surface area contributed by atoms with Gasteiger partial charge in [-0.1, -0.05) is 353 Å². The highest BCUT2D eigenvalue weighted by Crippen LogP contribution is 2.19. The molecule has 0 radical (unpaired) electrons. The van der Waals surface area contributed by atoms with Crippen LogP contribution in [0.4, 0.5) is 0 Å². The summed E-state index contributed by atoms with van der Waals surface area (Å²) >= 11 is 0. The second kappa shape index (κ2) is 70.4. The van der Waals surface area contributed by atoms with Crippen molar-refractivity contribution in [2.45, 2.75) is 425 Å². The molecule has 478 valence electrons. The third-order valence-corrected chi connectivity index (χ3v) is 16.9. The van der Waals surface area contributed by atoms with Gasteiger partial charge in [-0.3, -0.25) is 14.4 Å². The molecule has 1 unspecified atom stereocenters. The molecule has 81 heavy (non-hydrogen) atoms. The molecule has 0 aliphatic rings. The summed E-state index contributed by atoms with van der Waals surface area (Å²) in [7, 11) is 0. The standard InChI is InChI=1S/C75H142O6/c1-4-7-10-13-16-19-22-25-28-30-32-34-35-36-37-38-39-41-42-44-47-50-53-56-59-62-65-68-74(77)80-71-72(70-79-73(76)67-64-61-58-55-52-49-46-27-24-21-18-15-12-9-6-3)81-75(78)69-66-63-60-57-54-51-48-45-43-40-33-31-29-26-23-20-17-14-11-8-5-2/h30-33,72H,4-29,34-71H2,1-3H3/b32-30-,33-31-. The molecule has 0 N–H and O–H groups in total. The lowest BCUT2D eigenvalue weighted by Gasteiger charge is -2.18. The van der Waals surface area contributed by atoms with Gasteiger partial charge in [0, 0.05) is 19.3 Å². The Balaban J connectivity index is 4.23. The Morgan fingerprint density at radius 1 is 0.235 bits per heavy atom. The highest BCUT2D eigenvalue weighted by Gasteiger charge is 2.20. The summed E-state index contributed by atoms with van der Waals surface area (Å²) in [5.74, 6) is -0.833. The number of ether oxygens (including phenoxy) is 3. The fourth-order valence-electron chi connectivity index (χ4n) is 11.4. The van der Waals surface area contributed by atoms with Crippen molar-refractivity contribution >= 4 is 17.9 Å². The average Bonchev–Trinajstić information content (AvgIpc) is 3.47. The van der Waals surface area contributed by atoms with Crippen LogP contribution in [-0.2, 0) is 28.6 Å². The first-order valence-electron chi connectivity index (χ1n) is 36.8. The fraction of sp³-hybridized carbons (Fsp3) is 0.907. The molecule has 0 aromatic carbocycles. The Labute approximate surface area is 506 Å². The highest BCUT2D eigenvalue weighted by atomic mass is 16.6. The molecular weight excluding hydrogens is 997 g/mol. The number of esters is 3. The molecule has 0 fully saturated rings. The van der Waals surface area contributed by atoms with Crippen LogP contribution in [-0.4, -0.2) is 37.2 Å². The zero-order chi connectivity index (χ0) is 58.5. The van der Waals surface area contributed by atoms with Gasteiger partial charge in [0.25, 0.3) is 0 Å². The van der Waals surface area contributed by atoms with Gasteiger partial charge in [0.05, 0.1) is 0 Å². The normalized spacial score (nSPS) is 12.1. The van der Waals surface area contributed by atoms with Crippen molar-refractivity contribution in [3.63, 3.8) is 0 Å². The van der Waals surface area contributed by atoms with E-state index in [1.54, 1.807) is 0 Å². The van der Waals surface area contributed by atoms with E-state index in [1.165, 1.54) is 321 Å². The van der Waals surface area contributed by atoms with Crippen molar-refractivity contribution in [1.82, 2.24) is 0 Å². The Morgan fingerprint density at radius 2 is 0.407 bits per heavy atom. The number of rotatable bonds is 69. The molecule has 0 rings (SSSR count). The monoisotopic (exact) mass is 1140 g/mol. The number of allylic oxidation sites excluding steroid dienone is 4. The molecule has 0 bridgehead atoms. The quantitative estimate of drug-likeness (QED) is 0.0261. The Kier molecular flexibility index (Phi) is 68.5. The zero-order valence-corrected chi connectivity index (χ0v) is 55.1. The lowest BCUT2D eigenvalue weighted by atomic mass is 10.0. The molecule has 0 saturated heterocycles. The van der Waals surface area contributed by atoms with Crippen LogP contribution < -0.4 is 0 Å². The van der Waals surface area contributed by atoms with Gasteiger partial charge >= 0.3 is 17.9 Å². The van der Waals surface area contributed by atoms with E-state index >= 15 is 0 Å². The number of carbonyl (C=O) groups excluding carboxylic acids is 3. The zero-order valence-electron chi connectivity index (χ0n) is 55.1. The van der Waals surface area contributed by atoms with Gasteiger partial charge in [-0.25, -0.2) is 0 Å². The third kappa shape index (κ3) is 68.6. The summed E-state index contributed by atoms with van der Waals surface area (Å²) in [5.41, 5.74) is 0. The fourth-order valence-corrected chi connectivity index (χ4v) is 11.4. The maximum absolute atomic E-state index is 13.0. The van der Waals surface area contributed by atoms with Crippen molar-refractivity contribution in [3.05, 3.63) is 24.3 Å². The molecule has 6 nitrogen and oxygen atoms in total. The largest absolute Gasteiger partial charge is 0.462 e. The lowest BCUT2D eigenvalue weighted by molar-refractivity contribution is -0.167. The van der Waals surface area contributed by atoms with Crippen LogP contribution in [0.1, 0.15) is 419 Å². The average molecular weight is 1140 g/mol. The van der Waals surface area contributed by atoms with Gasteiger partial charge < -0.3 is 14.2 Å². The predicted octanol–water partition coefficient (Wildman–Crippen LogP) is 25.3. The maximum Gasteiger partial charge on any atom is 0.306 e. The minimum Gasteiger partial charge on any atom is -0.462 e. The minimum absolute atomic E-state index is 0.0656. The van der Waals surface area contributed by atoms with Gasteiger partial charge in [-0.15, -0.1) is 0 Å². The molecule has 0 amide bonds. The SMILES string of the molecule is CCCCCCCCCC/C=C\CCCCCCCCCCCCCCCCCC(=O)OCC(COC(=O)CCCCCCCCCCCCCCCCC)OC(=O)CCCCCCCCCCC/C=C\CCCCCCCCCC. The second-order valence-electron chi connectivity index (χ2n) is 25.2. The van der Waals surface area contributed by atoms with Crippen LogP contribution in [0.2, 0.25) is 0 Å². The summed E-state index contributed by atoms with van der Waals surface area (Å²) in [6.45, 7) is 6.73. The van der Waals surface area contributed by atoms with E-state index in [9.17, 15) is 14.4 Å². The van der Waals surface area contributed by atoms with Crippen molar-refractivity contribution in [1.29, 1.82) is 0 Å². The Hall–Kier alpha value is -2.11. The van der Waals surface area contributed by atoms with Crippen LogP contribution in [0.25, 0.3) is 0 Å². The van der Waals surface area contributed by atoms with Gasteiger partial charge in [-0.05, 0) is 70.6 Å². The summed E-state index contributed by atoms with van der Waals surface area (Å²) in [6.07, 6.45) is 86.4. The molecule has 0 aromatic rings. The number of hydrogen-bond acceptors (Lipinski definition) is 6. The Morgan fingerprint density at radius 3 is 0.617 bits per heavy atom. The van der Waals surface area contributed by atoms with Crippen LogP contribution in [0.5, 0.6) is 0 Å². The highest BCUT2D eigenvalue weighted by molar-refractivity contribution is 5.71. The molecule has 0 spiro atoms. The molecule has 0 aliphatic carbocycles. The first-order chi connectivity index (χ1) is 40.0. The van der Waals surface area contributed by atoms with E-state index in [2.05, 4.69) is 45.1 Å². The van der Waals surface area contributed by atoms with Crippen LogP contribution in [0.15, 0.2) is 24.3 Å². The van der Waals surface area contributed by atoms with Crippen LogP contribution in [0, 0.1) is 0 Å². The van der Waals surface area contributed by atoms with Gasteiger partial charge in [-0.2, -0.15) is 0 Å². The van der Waals surface area contributed by atoms with Crippen LogP contribution >= 0.6 is 0 Å². The lowest BCUT2D eigenvalue weighted by Crippen LogP contribution is -2.30. The van der Waals surface area contributed by atoms with E-state index in [1.807, 2.05) is 0 Å². The third-order valence-electron chi connectivity index (χ3n) is 16.9. The minimum atomic E-state index is -0.770. The van der Waals surface area contributed by atoms with Crippen molar-refractivity contribution in [3.8, 4) is 0 Å². The maximum atomic E-state index is 13.0. The number of hydrogen-bond donors (Lipinski definition) is 0. The van der Waals surface area contributed by atoms with E-state index in [0.29, 0.717) is 19.3 Å². The van der Waals surface area contributed by atoms with Crippen molar-refractivity contribution < 1.29 is 28.6 Å². The van der Waals surface area contributed by atoms with Gasteiger partial charge in [0.2, 0.25) is 0 Å². The topological polar surface area (TPSA) is 78.9 Å². The first-order valence-corrected chi connectivity index (χ1v) is 36.8. The van der Waals surface area contributed by atoms with Crippen LogP contribution in [0.3, 0.4) is 0 Å². The summed E-state index contributed by atoms with van der Waals surface area (Å²) < 4.78 is 17.0. The molecular formula is C75H142O6. The summed E-state index contributed by atoms with van der Waals surface area (Å²) in [6, 6.07) is 0. The molecule has 0 aliphatic heterocycles. The van der Waals surface area contributed by atoms with E-state index < -0.39 is 6.10 Å². The van der Waals surface area contributed by atoms with Crippen molar-refractivity contribution in [2.24, 2.45) is 0 Å². The molecule has 0 heterocycles. The molecule has 6 heteroatoms. The van der Waals surface area contributed by atoms with Gasteiger partial charge in [0.15, 0.2) is 6.10 Å². The first kappa shape index (κ1) is 78.9. The van der Waals surface area contributed by atoms with E-state index in [-0.39, 0.29) is 31.1 Å². The summed E-state index contributed by atoms with van der Waals surface area (Å²) in [5, 5.41) is 0. The van der Waals surface area contributed by atoms with E-state index in [0.717, 1.165) is 57.8 Å². The second-order valence-corrected chi connectivity index (χ2v) is 25.2. The van der Waals surface area contributed by atoms with Gasteiger partial charge in [0.1, 0.15) is 13.2 Å². The summed E-state index contributed by atoms with van der Waals surface area (Å²) in [4.78, 5) is 38.5. The molecule has 1 atom stereocenters. The Bertz CT molecular complexity index is 1310. The smallest absolute Gasteiger partial charge is 0.306 e. The molecule has 0 aromatic heterocycles. The molecule has 0 saturated carbocycles. The van der Waals surface area contributed by atoms with Crippen molar-refractivity contribution in [2.75, 3.05) is 13.2 Å². The number of unbranched alkanes of at least 4 members (excludes halogenated alkanes) is 54. The number of carbonyl (C=O) groups is 3. The predicted molar refractivity (Wildman–Crippen MR) is 353 cm³/mol.